The van der Waals surface area contributed by atoms with Crippen molar-refractivity contribution in [3.8, 4) is 0 Å². The topological polar surface area (TPSA) is 64.4 Å². The summed E-state index contributed by atoms with van der Waals surface area (Å²) in [6.45, 7) is 6.70. The number of aryl methyl sites for hydroxylation is 3. The summed E-state index contributed by atoms with van der Waals surface area (Å²) < 4.78 is 7.06. The van der Waals surface area contributed by atoms with Crippen LogP contribution in [0.1, 0.15) is 54.9 Å². The summed E-state index contributed by atoms with van der Waals surface area (Å²) in [5.74, 6) is 0.271. The molecule has 176 valence electrons. The highest BCUT2D eigenvalue weighted by atomic mass is 32.1. The molecule has 0 unspecified atom stereocenters. The van der Waals surface area contributed by atoms with Crippen molar-refractivity contribution in [2.45, 2.75) is 65.5 Å². The van der Waals surface area contributed by atoms with Crippen LogP contribution in [0, 0.1) is 0 Å². The number of esters is 1. The Morgan fingerprint density at radius 3 is 2.67 bits per heavy atom. The number of thiophene rings is 1. The molecule has 0 saturated heterocycles. The van der Waals surface area contributed by atoms with Crippen molar-refractivity contribution in [3.63, 3.8) is 0 Å². The number of aromatic nitrogens is 2. The molecule has 0 spiro atoms. The van der Waals surface area contributed by atoms with E-state index in [0.717, 1.165) is 67.4 Å². The molecule has 0 N–H and O–H groups in total. The maximum atomic E-state index is 13.6. The van der Waals surface area contributed by atoms with Gasteiger partial charge in [0.1, 0.15) is 17.2 Å². The number of nitrogens with zero attached hydrogens (tertiary/aromatic N) is 3. The summed E-state index contributed by atoms with van der Waals surface area (Å²) in [5, 5.41) is 0.717. The minimum Gasteiger partial charge on any atom is -0.464 e. The lowest BCUT2D eigenvalue weighted by molar-refractivity contribution is -0.144. The predicted octanol–water partition coefficient (Wildman–Crippen LogP) is 4.35. The Bertz CT molecular complexity index is 1150. The van der Waals surface area contributed by atoms with Crippen LogP contribution in [0.25, 0.3) is 10.2 Å². The third-order valence-electron chi connectivity index (χ3n) is 6.42. The van der Waals surface area contributed by atoms with Crippen molar-refractivity contribution in [3.05, 3.63) is 62.5 Å². The predicted molar refractivity (Wildman–Crippen MR) is 133 cm³/mol. The van der Waals surface area contributed by atoms with E-state index in [-0.39, 0.29) is 18.1 Å². The van der Waals surface area contributed by atoms with Crippen LogP contribution in [0.15, 0.2) is 35.1 Å². The average Bonchev–Trinajstić information content (AvgIpc) is 3.21. The van der Waals surface area contributed by atoms with Crippen LogP contribution in [-0.2, 0) is 41.9 Å². The van der Waals surface area contributed by atoms with E-state index in [9.17, 15) is 9.59 Å². The zero-order chi connectivity index (χ0) is 23.2. The van der Waals surface area contributed by atoms with Crippen LogP contribution in [-0.4, -0.2) is 40.1 Å². The Morgan fingerprint density at radius 2 is 1.91 bits per heavy atom. The average molecular weight is 468 g/mol. The minimum absolute atomic E-state index is 0.0890. The monoisotopic (exact) mass is 467 g/mol. The van der Waals surface area contributed by atoms with E-state index in [0.29, 0.717) is 19.0 Å². The fraction of sp³-hybridized carbons (Fsp3) is 0.500. The van der Waals surface area contributed by atoms with Crippen LogP contribution in [0.3, 0.4) is 0 Å². The van der Waals surface area contributed by atoms with Crippen molar-refractivity contribution in [2.75, 3.05) is 19.7 Å². The number of fused-ring (bicyclic) bond motifs is 3. The number of rotatable bonds is 10. The molecular formula is C26H33N3O3S. The van der Waals surface area contributed by atoms with Gasteiger partial charge >= 0.3 is 5.97 Å². The summed E-state index contributed by atoms with van der Waals surface area (Å²) in [6, 6.07) is 10.2. The first-order valence-electron chi connectivity index (χ1n) is 12.1. The molecule has 0 bridgehead atoms. The lowest BCUT2D eigenvalue weighted by atomic mass is 9.97. The highest BCUT2D eigenvalue weighted by Crippen LogP contribution is 2.33. The molecular weight excluding hydrogens is 434 g/mol. The Hall–Kier alpha value is -2.51. The Morgan fingerprint density at radius 1 is 1.15 bits per heavy atom. The molecule has 0 atom stereocenters. The molecule has 2 aromatic heterocycles. The number of benzene rings is 1. The summed E-state index contributed by atoms with van der Waals surface area (Å²) in [5.41, 5.74) is 2.28. The summed E-state index contributed by atoms with van der Waals surface area (Å²) >= 11 is 1.65. The van der Waals surface area contributed by atoms with Gasteiger partial charge in [-0.1, -0.05) is 44.2 Å². The second kappa shape index (κ2) is 11.1. The molecule has 0 aliphatic heterocycles. The van der Waals surface area contributed by atoms with Gasteiger partial charge in [-0.3, -0.25) is 19.1 Å². The SMILES string of the molecule is CCN(CC)Cc1nc2sc3c(c2c(=O)n1CC(=O)OCCCc1ccccc1)CCCC3. The normalized spacial score (nSPS) is 13.4. The van der Waals surface area contributed by atoms with Gasteiger partial charge in [0.25, 0.3) is 5.56 Å². The van der Waals surface area contributed by atoms with E-state index in [1.165, 1.54) is 10.4 Å². The van der Waals surface area contributed by atoms with E-state index in [1.807, 2.05) is 18.2 Å². The van der Waals surface area contributed by atoms with Gasteiger partial charge in [-0.15, -0.1) is 11.3 Å². The smallest absolute Gasteiger partial charge is 0.326 e. The van der Waals surface area contributed by atoms with Gasteiger partial charge in [0.05, 0.1) is 18.5 Å². The van der Waals surface area contributed by atoms with E-state index >= 15 is 0 Å². The molecule has 2 heterocycles. The third-order valence-corrected chi connectivity index (χ3v) is 7.60. The Balaban J connectivity index is 1.54. The molecule has 1 aliphatic rings. The van der Waals surface area contributed by atoms with Gasteiger partial charge in [0.2, 0.25) is 0 Å². The van der Waals surface area contributed by atoms with E-state index in [4.69, 9.17) is 9.72 Å². The molecule has 6 nitrogen and oxygen atoms in total. The van der Waals surface area contributed by atoms with Crippen LogP contribution in [0.5, 0.6) is 0 Å². The second-order valence-corrected chi connectivity index (χ2v) is 9.67. The Kier molecular flexibility index (Phi) is 7.93. The second-order valence-electron chi connectivity index (χ2n) is 8.58. The molecule has 0 radical (unpaired) electrons. The van der Waals surface area contributed by atoms with Crippen molar-refractivity contribution >= 4 is 27.5 Å². The fourth-order valence-electron chi connectivity index (χ4n) is 4.49. The van der Waals surface area contributed by atoms with Crippen LogP contribution in [0.4, 0.5) is 0 Å². The van der Waals surface area contributed by atoms with Crippen molar-refractivity contribution < 1.29 is 9.53 Å². The van der Waals surface area contributed by atoms with Crippen molar-refractivity contribution in [1.29, 1.82) is 0 Å². The highest BCUT2D eigenvalue weighted by molar-refractivity contribution is 7.18. The van der Waals surface area contributed by atoms with E-state index in [2.05, 4.69) is 30.9 Å². The van der Waals surface area contributed by atoms with Gasteiger partial charge in [0, 0.05) is 4.88 Å². The third kappa shape index (κ3) is 5.53. The number of carbonyl (C=O) groups excluding carboxylic acids is 1. The summed E-state index contributed by atoms with van der Waals surface area (Å²) in [4.78, 5) is 35.5. The zero-order valence-electron chi connectivity index (χ0n) is 19.6. The van der Waals surface area contributed by atoms with Gasteiger partial charge in [-0.25, -0.2) is 4.98 Å². The molecule has 4 rings (SSSR count). The van der Waals surface area contributed by atoms with Crippen LogP contribution >= 0.6 is 11.3 Å². The number of ether oxygens (including phenoxy) is 1. The first-order chi connectivity index (χ1) is 16.1. The van der Waals surface area contributed by atoms with Crippen LogP contribution in [0.2, 0.25) is 0 Å². The molecule has 7 heteroatoms. The number of hydrogen-bond acceptors (Lipinski definition) is 6. The standard InChI is InChI=1S/C26H33N3O3S/c1-3-28(4-2)17-22-27-25-24(20-14-8-9-15-21(20)33-25)26(31)29(22)18-23(30)32-16-10-13-19-11-6-5-7-12-19/h5-7,11-12H,3-4,8-10,13-18H2,1-2H3. The molecule has 0 amide bonds. The summed E-state index contributed by atoms with van der Waals surface area (Å²) in [7, 11) is 0. The minimum atomic E-state index is -0.379. The van der Waals surface area contributed by atoms with Gasteiger partial charge in [-0.05, 0) is 62.7 Å². The summed E-state index contributed by atoms with van der Waals surface area (Å²) in [6.07, 6.45) is 5.82. The molecule has 0 fully saturated rings. The van der Waals surface area contributed by atoms with Crippen molar-refractivity contribution in [2.24, 2.45) is 0 Å². The highest BCUT2D eigenvalue weighted by Gasteiger charge is 2.23. The fourth-order valence-corrected chi connectivity index (χ4v) is 5.76. The van der Waals surface area contributed by atoms with E-state index < -0.39 is 0 Å². The number of carbonyl (C=O) groups is 1. The molecule has 1 aliphatic carbocycles. The van der Waals surface area contributed by atoms with Crippen molar-refractivity contribution in [1.82, 2.24) is 14.5 Å². The molecule has 1 aromatic carbocycles. The zero-order valence-corrected chi connectivity index (χ0v) is 20.5. The first kappa shape index (κ1) is 23.6. The maximum absolute atomic E-state index is 13.6. The van der Waals surface area contributed by atoms with Gasteiger partial charge in [0.15, 0.2) is 0 Å². The maximum Gasteiger partial charge on any atom is 0.326 e. The Labute approximate surface area is 199 Å². The largest absolute Gasteiger partial charge is 0.464 e. The molecule has 3 aromatic rings. The van der Waals surface area contributed by atoms with E-state index in [1.54, 1.807) is 15.9 Å². The number of hydrogen-bond donors (Lipinski definition) is 0. The molecule has 0 saturated carbocycles. The quantitative estimate of drug-likeness (QED) is 0.328. The van der Waals surface area contributed by atoms with Gasteiger partial charge < -0.3 is 4.74 Å². The lowest BCUT2D eigenvalue weighted by Crippen LogP contribution is -2.33. The van der Waals surface area contributed by atoms with Gasteiger partial charge in [-0.2, -0.15) is 0 Å². The lowest BCUT2D eigenvalue weighted by Gasteiger charge is -2.20. The molecule has 33 heavy (non-hydrogen) atoms. The van der Waals surface area contributed by atoms with Crippen LogP contribution < -0.4 is 5.56 Å². The first-order valence-corrected chi connectivity index (χ1v) is 12.9.